The normalized spacial score (nSPS) is 12.2. The standard InChI is InChI=1S/C31H38N6O4/c32-17-19-37(20-18-33)28(38)21-26(34)30(40)36-27(16-11-22-7-3-1-4-8-22)31(41)35-25-14-12-24(13-15-25)29(39)23-9-5-2-6-10-23/h1-10,12-15,26-27H,11,16-21,32-34H2,(H,35,41)(H,36,40)/t26-,27-/m0/s1. The van der Waals surface area contributed by atoms with E-state index in [-0.39, 0.29) is 31.2 Å². The number of rotatable bonds is 15. The molecule has 0 bridgehead atoms. The van der Waals surface area contributed by atoms with Gasteiger partial charge in [0.2, 0.25) is 17.7 Å². The third kappa shape index (κ3) is 9.64. The number of nitrogens with two attached hydrogens (primary N) is 3. The summed E-state index contributed by atoms with van der Waals surface area (Å²) in [4.78, 5) is 53.1. The Bertz CT molecular complexity index is 1280. The summed E-state index contributed by atoms with van der Waals surface area (Å²) in [6.45, 7) is 1.14. The van der Waals surface area contributed by atoms with Crippen molar-refractivity contribution < 1.29 is 19.2 Å². The van der Waals surface area contributed by atoms with Gasteiger partial charge >= 0.3 is 0 Å². The number of carbonyl (C=O) groups excluding carboxylic acids is 4. The van der Waals surface area contributed by atoms with Crippen LogP contribution >= 0.6 is 0 Å². The third-order valence-corrected chi connectivity index (χ3v) is 6.53. The first kappa shape index (κ1) is 31.2. The van der Waals surface area contributed by atoms with Crippen molar-refractivity contribution in [3.8, 4) is 0 Å². The molecule has 0 fully saturated rings. The fraction of sp³-hybridized carbons (Fsp3) is 0.290. The first-order chi connectivity index (χ1) is 19.8. The number of amides is 3. The number of carbonyl (C=O) groups is 4. The monoisotopic (exact) mass is 558 g/mol. The Balaban J connectivity index is 1.68. The van der Waals surface area contributed by atoms with Crippen molar-refractivity contribution in [2.75, 3.05) is 31.5 Å². The minimum absolute atomic E-state index is 0.128. The number of benzene rings is 3. The minimum Gasteiger partial charge on any atom is -0.343 e. The molecule has 3 aromatic carbocycles. The average molecular weight is 559 g/mol. The average Bonchev–Trinajstić information content (AvgIpc) is 2.99. The smallest absolute Gasteiger partial charge is 0.246 e. The fourth-order valence-electron chi connectivity index (χ4n) is 4.28. The van der Waals surface area contributed by atoms with Crippen molar-refractivity contribution in [1.82, 2.24) is 10.2 Å². The molecule has 0 aliphatic rings. The maximum atomic E-state index is 13.3. The van der Waals surface area contributed by atoms with Crippen molar-refractivity contribution in [2.24, 2.45) is 17.2 Å². The second-order valence-corrected chi connectivity index (χ2v) is 9.62. The predicted molar refractivity (Wildman–Crippen MR) is 159 cm³/mol. The van der Waals surface area contributed by atoms with Crippen molar-refractivity contribution in [2.45, 2.75) is 31.3 Å². The largest absolute Gasteiger partial charge is 0.343 e. The number of hydrogen-bond donors (Lipinski definition) is 5. The predicted octanol–water partition coefficient (Wildman–Crippen LogP) is 1.44. The highest BCUT2D eigenvalue weighted by molar-refractivity contribution is 6.09. The highest BCUT2D eigenvalue weighted by Gasteiger charge is 2.26. The second-order valence-electron chi connectivity index (χ2n) is 9.62. The molecule has 8 N–H and O–H groups in total. The Hall–Kier alpha value is -4.38. The van der Waals surface area contributed by atoms with Crippen LogP contribution in [0.1, 0.15) is 34.3 Å². The molecule has 2 atom stereocenters. The molecule has 3 rings (SSSR count). The lowest BCUT2D eigenvalue weighted by molar-refractivity contribution is -0.134. The lowest BCUT2D eigenvalue weighted by atomic mass is 10.0. The van der Waals surface area contributed by atoms with Crippen molar-refractivity contribution in [3.63, 3.8) is 0 Å². The molecular weight excluding hydrogens is 520 g/mol. The number of anilines is 1. The van der Waals surface area contributed by atoms with Crippen LogP contribution in [0.3, 0.4) is 0 Å². The van der Waals surface area contributed by atoms with E-state index in [4.69, 9.17) is 17.2 Å². The second kappa shape index (κ2) is 16.0. The van der Waals surface area contributed by atoms with Gasteiger partial charge in [-0.15, -0.1) is 0 Å². The Morgan fingerprint density at radius 1 is 0.732 bits per heavy atom. The van der Waals surface area contributed by atoms with Crippen LogP contribution in [0.2, 0.25) is 0 Å². The van der Waals surface area contributed by atoms with Crippen LogP contribution in [0, 0.1) is 0 Å². The molecule has 3 amide bonds. The van der Waals surface area contributed by atoms with E-state index in [2.05, 4.69) is 10.6 Å². The molecule has 0 saturated heterocycles. The van der Waals surface area contributed by atoms with Gasteiger partial charge in [-0.1, -0.05) is 60.7 Å². The van der Waals surface area contributed by atoms with Gasteiger partial charge in [0, 0.05) is 43.0 Å². The summed E-state index contributed by atoms with van der Waals surface area (Å²) >= 11 is 0. The van der Waals surface area contributed by atoms with E-state index in [1.54, 1.807) is 48.5 Å². The SMILES string of the molecule is NCCN(CCN)C(=O)C[C@H](N)C(=O)N[C@@H](CCc1ccccc1)C(=O)Nc1ccc(C(=O)c2ccccc2)cc1. The van der Waals surface area contributed by atoms with Gasteiger partial charge < -0.3 is 32.7 Å². The number of nitrogens with zero attached hydrogens (tertiary/aromatic N) is 1. The Labute approximate surface area is 240 Å². The van der Waals surface area contributed by atoms with Gasteiger partial charge in [-0.25, -0.2) is 0 Å². The molecule has 0 heterocycles. The van der Waals surface area contributed by atoms with Gasteiger partial charge in [0.15, 0.2) is 5.78 Å². The van der Waals surface area contributed by atoms with Crippen LogP contribution in [0.4, 0.5) is 5.69 Å². The molecule has 3 aromatic rings. The minimum atomic E-state index is -1.16. The fourth-order valence-corrected chi connectivity index (χ4v) is 4.28. The molecule has 10 heteroatoms. The van der Waals surface area contributed by atoms with Gasteiger partial charge in [0.1, 0.15) is 6.04 Å². The van der Waals surface area contributed by atoms with Gasteiger partial charge in [-0.05, 0) is 42.7 Å². The zero-order chi connectivity index (χ0) is 29.6. The first-order valence-corrected chi connectivity index (χ1v) is 13.6. The van der Waals surface area contributed by atoms with Crippen LogP contribution in [0.25, 0.3) is 0 Å². The van der Waals surface area contributed by atoms with Gasteiger partial charge in [0.05, 0.1) is 12.5 Å². The van der Waals surface area contributed by atoms with E-state index in [0.717, 1.165) is 5.56 Å². The van der Waals surface area contributed by atoms with E-state index >= 15 is 0 Å². The summed E-state index contributed by atoms with van der Waals surface area (Å²) in [6, 6.07) is 23.0. The lowest BCUT2D eigenvalue weighted by Gasteiger charge is -2.24. The summed E-state index contributed by atoms with van der Waals surface area (Å²) in [5, 5.41) is 5.53. The van der Waals surface area contributed by atoms with E-state index in [1.807, 2.05) is 36.4 Å². The summed E-state index contributed by atoms with van der Waals surface area (Å²) in [7, 11) is 0. The molecule has 10 nitrogen and oxygen atoms in total. The number of ketones is 1. The molecule has 0 radical (unpaired) electrons. The zero-order valence-electron chi connectivity index (χ0n) is 23.0. The van der Waals surface area contributed by atoms with E-state index < -0.39 is 23.9 Å². The number of aryl methyl sites for hydroxylation is 1. The van der Waals surface area contributed by atoms with Gasteiger partial charge in [0.25, 0.3) is 0 Å². The molecule has 0 aromatic heterocycles. The van der Waals surface area contributed by atoms with E-state index in [0.29, 0.717) is 42.7 Å². The maximum absolute atomic E-state index is 13.3. The Morgan fingerprint density at radius 2 is 1.29 bits per heavy atom. The molecule has 216 valence electrons. The highest BCUT2D eigenvalue weighted by atomic mass is 16.2. The van der Waals surface area contributed by atoms with Crippen molar-refractivity contribution in [1.29, 1.82) is 0 Å². The van der Waals surface area contributed by atoms with Crippen LogP contribution in [0.15, 0.2) is 84.9 Å². The van der Waals surface area contributed by atoms with E-state index in [1.165, 1.54) is 4.90 Å². The quantitative estimate of drug-likeness (QED) is 0.175. The summed E-state index contributed by atoms with van der Waals surface area (Å²) < 4.78 is 0. The molecule has 0 spiro atoms. The van der Waals surface area contributed by atoms with Crippen molar-refractivity contribution in [3.05, 3.63) is 102 Å². The Morgan fingerprint density at radius 3 is 1.88 bits per heavy atom. The van der Waals surface area contributed by atoms with Crippen LogP contribution < -0.4 is 27.8 Å². The summed E-state index contributed by atoms with van der Waals surface area (Å²) in [6.07, 6.45) is 0.591. The number of hydrogen-bond acceptors (Lipinski definition) is 7. The molecule has 0 aliphatic carbocycles. The van der Waals surface area contributed by atoms with E-state index in [9.17, 15) is 19.2 Å². The molecule has 0 saturated carbocycles. The molecular formula is C31H38N6O4. The molecule has 0 unspecified atom stereocenters. The van der Waals surface area contributed by atoms with Gasteiger partial charge in [-0.2, -0.15) is 0 Å². The maximum Gasteiger partial charge on any atom is 0.246 e. The number of nitrogens with one attached hydrogen (secondary N) is 2. The highest BCUT2D eigenvalue weighted by Crippen LogP contribution is 2.15. The van der Waals surface area contributed by atoms with Crippen LogP contribution in [0.5, 0.6) is 0 Å². The molecule has 0 aliphatic heterocycles. The summed E-state index contributed by atoms with van der Waals surface area (Å²) in [5.74, 6) is -1.52. The Kier molecular flexibility index (Phi) is 12.2. The zero-order valence-corrected chi connectivity index (χ0v) is 23.0. The summed E-state index contributed by atoms with van der Waals surface area (Å²) in [5.41, 5.74) is 19.7. The van der Waals surface area contributed by atoms with Crippen molar-refractivity contribution >= 4 is 29.2 Å². The van der Waals surface area contributed by atoms with Crippen LogP contribution in [-0.4, -0.2) is 66.7 Å². The topological polar surface area (TPSA) is 174 Å². The van der Waals surface area contributed by atoms with Gasteiger partial charge in [-0.3, -0.25) is 19.2 Å². The van der Waals surface area contributed by atoms with Crippen LogP contribution in [-0.2, 0) is 20.8 Å². The lowest BCUT2D eigenvalue weighted by Crippen LogP contribution is -2.52. The first-order valence-electron chi connectivity index (χ1n) is 13.6. The third-order valence-electron chi connectivity index (χ3n) is 6.53. The molecule has 41 heavy (non-hydrogen) atoms.